The molecule has 0 heterocycles. The molecule has 5 heteroatoms. The zero-order valence-electron chi connectivity index (χ0n) is 14.6. The highest BCUT2D eigenvalue weighted by Crippen LogP contribution is 2.24. The molecule has 0 aromatic heterocycles. The van der Waals surface area contributed by atoms with E-state index in [0.29, 0.717) is 32.3 Å². The molecule has 0 bridgehead atoms. The summed E-state index contributed by atoms with van der Waals surface area (Å²) < 4.78 is 15.9. The molecule has 1 rings (SSSR count). The minimum absolute atomic E-state index is 0.293. The van der Waals surface area contributed by atoms with E-state index in [-0.39, 0.29) is 0 Å². The van der Waals surface area contributed by atoms with Crippen molar-refractivity contribution in [1.29, 1.82) is 0 Å². The van der Waals surface area contributed by atoms with Gasteiger partial charge in [0.15, 0.2) is 0 Å². The molecule has 1 aromatic carbocycles. The van der Waals surface area contributed by atoms with Gasteiger partial charge in [-0.3, -0.25) is 4.90 Å². The van der Waals surface area contributed by atoms with E-state index in [4.69, 9.17) is 14.2 Å². The highest BCUT2D eigenvalue weighted by molar-refractivity contribution is 5.38. The molecular weight excluding hydrogens is 294 g/mol. The number of nitrogens with zero attached hydrogens (tertiary/aromatic N) is 1. The van der Waals surface area contributed by atoms with Crippen LogP contribution in [0.5, 0.6) is 11.5 Å². The molecule has 1 aromatic rings. The lowest BCUT2D eigenvalue weighted by atomic mass is 10.1. The molecule has 0 fully saturated rings. The summed E-state index contributed by atoms with van der Waals surface area (Å²) in [7, 11) is 3.28. The van der Waals surface area contributed by atoms with Crippen molar-refractivity contribution in [1.82, 2.24) is 4.90 Å². The molecule has 0 amide bonds. The van der Waals surface area contributed by atoms with Gasteiger partial charge in [-0.2, -0.15) is 0 Å². The summed E-state index contributed by atoms with van der Waals surface area (Å²) in [6.07, 6.45) is 1.14. The molecule has 0 aliphatic rings. The van der Waals surface area contributed by atoms with Gasteiger partial charge in [0, 0.05) is 25.2 Å². The minimum atomic E-state index is -0.537. The Morgan fingerprint density at radius 2 is 1.78 bits per heavy atom. The van der Waals surface area contributed by atoms with Crippen LogP contribution in [0.2, 0.25) is 0 Å². The number of aliphatic hydroxyl groups excluding tert-OH is 1. The molecular formula is C18H29NO4. The normalized spacial score (nSPS) is 12.5. The Kier molecular flexibility index (Phi) is 8.69. The van der Waals surface area contributed by atoms with E-state index >= 15 is 0 Å². The number of aliphatic hydroxyl groups is 1. The fourth-order valence-electron chi connectivity index (χ4n) is 2.26. The number of ether oxygens (including phenoxy) is 3. The largest absolute Gasteiger partial charge is 0.497 e. The van der Waals surface area contributed by atoms with Crippen molar-refractivity contribution in [3.63, 3.8) is 0 Å². The molecule has 0 radical (unpaired) electrons. The predicted molar refractivity (Wildman–Crippen MR) is 92.1 cm³/mol. The Hall–Kier alpha value is -1.56. The van der Waals surface area contributed by atoms with E-state index in [1.165, 1.54) is 0 Å². The lowest BCUT2D eigenvalue weighted by Crippen LogP contribution is -2.38. The second kappa shape index (κ2) is 10.3. The maximum Gasteiger partial charge on any atom is 0.122 e. The summed E-state index contributed by atoms with van der Waals surface area (Å²) in [6, 6.07) is 6.11. The zero-order valence-corrected chi connectivity index (χ0v) is 14.6. The number of hydrogen-bond donors (Lipinski definition) is 1. The van der Waals surface area contributed by atoms with E-state index < -0.39 is 6.10 Å². The van der Waals surface area contributed by atoms with Gasteiger partial charge >= 0.3 is 0 Å². The van der Waals surface area contributed by atoms with Crippen molar-refractivity contribution in [3.8, 4) is 11.5 Å². The Balaban J connectivity index is 2.73. The number of rotatable bonds is 11. The van der Waals surface area contributed by atoms with Crippen LogP contribution < -0.4 is 9.47 Å². The summed E-state index contributed by atoms with van der Waals surface area (Å²) in [5.41, 5.74) is 1.08. The maximum absolute atomic E-state index is 10.1. The molecule has 1 atom stereocenters. The second-order valence-electron chi connectivity index (χ2n) is 5.72. The van der Waals surface area contributed by atoms with Crippen LogP contribution in [0.4, 0.5) is 0 Å². The molecule has 0 spiro atoms. The van der Waals surface area contributed by atoms with Gasteiger partial charge in [-0.15, -0.1) is 6.58 Å². The molecule has 0 saturated heterocycles. The van der Waals surface area contributed by atoms with Crippen molar-refractivity contribution in [2.24, 2.45) is 0 Å². The quantitative estimate of drug-likeness (QED) is 0.501. The summed E-state index contributed by atoms with van der Waals surface area (Å²) in [6.45, 7) is 9.79. The van der Waals surface area contributed by atoms with Crippen LogP contribution in [0.25, 0.3) is 0 Å². The number of benzene rings is 1. The van der Waals surface area contributed by atoms with Gasteiger partial charge < -0.3 is 19.3 Å². The fourth-order valence-corrected chi connectivity index (χ4v) is 2.26. The molecule has 0 aliphatic heterocycles. The summed E-state index contributed by atoms with van der Waals surface area (Å²) >= 11 is 0. The predicted octanol–water partition coefficient (Wildman–Crippen LogP) is 2.48. The van der Waals surface area contributed by atoms with E-state index in [2.05, 4.69) is 25.3 Å². The summed E-state index contributed by atoms with van der Waals surface area (Å²) in [5.74, 6) is 1.52. The van der Waals surface area contributed by atoms with E-state index in [1.807, 2.05) is 18.2 Å². The van der Waals surface area contributed by atoms with Crippen molar-refractivity contribution >= 4 is 0 Å². The lowest BCUT2D eigenvalue weighted by Gasteiger charge is -2.29. The van der Waals surface area contributed by atoms with Crippen LogP contribution >= 0.6 is 0 Å². The topological polar surface area (TPSA) is 51.2 Å². The van der Waals surface area contributed by atoms with E-state index in [9.17, 15) is 5.11 Å². The third-order valence-corrected chi connectivity index (χ3v) is 3.52. The molecule has 0 aliphatic carbocycles. The first kappa shape index (κ1) is 19.5. The van der Waals surface area contributed by atoms with E-state index in [0.717, 1.165) is 17.1 Å². The highest BCUT2D eigenvalue weighted by Gasteiger charge is 2.16. The van der Waals surface area contributed by atoms with Gasteiger partial charge in [0.1, 0.15) is 11.5 Å². The van der Waals surface area contributed by atoms with Gasteiger partial charge in [-0.1, -0.05) is 6.08 Å². The highest BCUT2D eigenvalue weighted by atomic mass is 16.5. The standard InChI is InChI=1S/C18H29NO4/c1-6-7-23-13-16(20)12-19(14(2)3)11-15-8-17(21-4)10-18(9-15)22-5/h6,8-10,14,16,20H,1,7,11-13H2,2-5H3/t16-/m1/s1. The van der Waals surface area contributed by atoms with Crippen molar-refractivity contribution in [2.45, 2.75) is 32.5 Å². The van der Waals surface area contributed by atoms with Crippen LogP contribution in [0.15, 0.2) is 30.9 Å². The molecule has 0 unspecified atom stereocenters. The average molecular weight is 323 g/mol. The maximum atomic E-state index is 10.1. The van der Waals surface area contributed by atoms with Crippen LogP contribution in [0, 0.1) is 0 Å². The Morgan fingerprint density at radius 1 is 1.17 bits per heavy atom. The average Bonchev–Trinajstić information content (AvgIpc) is 2.53. The first-order valence-electron chi connectivity index (χ1n) is 7.82. The Bertz CT molecular complexity index is 454. The molecule has 5 nitrogen and oxygen atoms in total. The summed E-state index contributed by atoms with van der Waals surface area (Å²) in [4.78, 5) is 2.19. The fraction of sp³-hybridized carbons (Fsp3) is 0.556. The van der Waals surface area contributed by atoms with Gasteiger partial charge in [0.2, 0.25) is 0 Å². The second-order valence-corrected chi connectivity index (χ2v) is 5.72. The van der Waals surface area contributed by atoms with Crippen molar-refractivity contribution < 1.29 is 19.3 Å². The van der Waals surface area contributed by atoms with Crippen molar-refractivity contribution in [3.05, 3.63) is 36.4 Å². The third kappa shape index (κ3) is 7.03. The Labute approximate surface area is 139 Å². The van der Waals surface area contributed by atoms with Crippen LogP contribution in [-0.4, -0.2) is 56.1 Å². The van der Waals surface area contributed by atoms with E-state index in [1.54, 1.807) is 20.3 Å². The first-order valence-corrected chi connectivity index (χ1v) is 7.82. The van der Waals surface area contributed by atoms with Crippen LogP contribution in [0.3, 0.4) is 0 Å². The molecule has 0 saturated carbocycles. The number of hydrogen-bond acceptors (Lipinski definition) is 5. The third-order valence-electron chi connectivity index (χ3n) is 3.52. The molecule has 1 N–H and O–H groups in total. The Morgan fingerprint density at radius 3 is 2.26 bits per heavy atom. The lowest BCUT2D eigenvalue weighted by molar-refractivity contribution is 0.0178. The van der Waals surface area contributed by atoms with Gasteiger partial charge in [0.05, 0.1) is 33.5 Å². The van der Waals surface area contributed by atoms with Crippen LogP contribution in [0.1, 0.15) is 19.4 Å². The smallest absolute Gasteiger partial charge is 0.122 e. The van der Waals surface area contributed by atoms with Crippen molar-refractivity contribution in [2.75, 3.05) is 34.0 Å². The molecule has 130 valence electrons. The number of methoxy groups -OCH3 is 2. The SMILES string of the molecule is C=CCOC[C@H](O)CN(Cc1cc(OC)cc(OC)c1)C(C)C. The van der Waals surface area contributed by atoms with Gasteiger partial charge in [0.25, 0.3) is 0 Å². The van der Waals surface area contributed by atoms with Gasteiger partial charge in [-0.05, 0) is 31.5 Å². The van der Waals surface area contributed by atoms with Gasteiger partial charge in [-0.25, -0.2) is 0 Å². The summed E-state index contributed by atoms with van der Waals surface area (Å²) in [5, 5.41) is 10.1. The minimum Gasteiger partial charge on any atom is -0.497 e. The molecule has 23 heavy (non-hydrogen) atoms. The first-order chi connectivity index (χ1) is 11.0. The zero-order chi connectivity index (χ0) is 17.2. The monoisotopic (exact) mass is 323 g/mol. The van der Waals surface area contributed by atoms with Crippen LogP contribution in [-0.2, 0) is 11.3 Å².